The minimum absolute atomic E-state index is 0.0679. The van der Waals surface area contributed by atoms with Crippen LogP contribution in [0.25, 0.3) is 11.5 Å². The van der Waals surface area contributed by atoms with Crippen molar-refractivity contribution in [3.63, 3.8) is 0 Å². The molecule has 0 aliphatic heterocycles. The second-order valence-corrected chi connectivity index (χ2v) is 6.15. The van der Waals surface area contributed by atoms with Gasteiger partial charge in [0, 0.05) is 24.8 Å². The minimum atomic E-state index is -0.629. The number of nitrogens with one attached hydrogen (secondary N) is 1. The molecule has 0 saturated carbocycles. The van der Waals surface area contributed by atoms with Crippen molar-refractivity contribution in [1.29, 1.82) is 0 Å². The molecule has 0 bridgehead atoms. The van der Waals surface area contributed by atoms with E-state index in [1.807, 2.05) is 0 Å². The third-order valence-corrected chi connectivity index (χ3v) is 4.04. The normalized spacial score (nSPS) is 11.5. The Hall–Kier alpha value is -3.95. The van der Waals surface area contributed by atoms with E-state index >= 15 is 0 Å². The fourth-order valence-electron chi connectivity index (χ4n) is 2.58. The van der Waals surface area contributed by atoms with E-state index in [1.165, 1.54) is 26.3 Å². The summed E-state index contributed by atoms with van der Waals surface area (Å²) in [5.74, 6) is 0.138. The van der Waals surface area contributed by atoms with Crippen molar-refractivity contribution >= 4 is 11.9 Å². The van der Waals surface area contributed by atoms with Gasteiger partial charge < -0.3 is 23.9 Å². The molecule has 30 heavy (non-hydrogen) atoms. The molecule has 10 nitrogen and oxygen atoms in total. The highest BCUT2D eigenvalue weighted by Crippen LogP contribution is 2.30. The third kappa shape index (κ3) is 4.54. The smallest absolute Gasteiger partial charge is 0.308 e. The standard InChI is InChI=1S/C20H20N4O6/c1-11(19-23-24-20(30-19)13-5-7-14(27-3)8-6-13)22-18(26)16-17(29-12(2)25)15(28-4)9-10-21-16/h5-11H,1-4H3,(H,22,26)/t11-/m0/s1. The van der Waals surface area contributed by atoms with Gasteiger partial charge in [-0.25, -0.2) is 4.98 Å². The van der Waals surface area contributed by atoms with Crippen LogP contribution < -0.4 is 19.5 Å². The van der Waals surface area contributed by atoms with E-state index < -0.39 is 17.9 Å². The summed E-state index contributed by atoms with van der Waals surface area (Å²) in [5.41, 5.74) is 0.603. The van der Waals surface area contributed by atoms with Crippen molar-refractivity contribution in [1.82, 2.24) is 20.5 Å². The van der Waals surface area contributed by atoms with E-state index in [0.29, 0.717) is 17.2 Å². The summed E-state index contributed by atoms with van der Waals surface area (Å²) in [7, 11) is 2.97. The number of benzene rings is 1. The first-order chi connectivity index (χ1) is 14.4. The largest absolute Gasteiger partial charge is 0.497 e. The monoisotopic (exact) mass is 412 g/mol. The van der Waals surface area contributed by atoms with Gasteiger partial charge in [0.15, 0.2) is 11.4 Å². The van der Waals surface area contributed by atoms with Gasteiger partial charge in [-0.2, -0.15) is 0 Å². The third-order valence-electron chi connectivity index (χ3n) is 4.04. The Balaban J connectivity index is 1.78. The topological polar surface area (TPSA) is 126 Å². The summed E-state index contributed by atoms with van der Waals surface area (Å²) < 4.78 is 21.1. The lowest BCUT2D eigenvalue weighted by atomic mass is 10.2. The predicted molar refractivity (Wildman–Crippen MR) is 104 cm³/mol. The van der Waals surface area contributed by atoms with Gasteiger partial charge in [0.05, 0.1) is 14.2 Å². The average Bonchev–Trinajstić information content (AvgIpc) is 3.24. The number of hydrogen-bond acceptors (Lipinski definition) is 9. The predicted octanol–water partition coefficient (Wildman–Crippen LogP) is 2.57. The van der Waals surface area contributed by atoms with Crippen LogP contribution in [-0.2, 0) is 4.79 Å². The number of nitrogens with zero attached hydrogens (tertiary/aromatic N) is 3. The van der Waals surface area contributed by atoms with E-state index in [-0.39, 0.29) is 23.1 Å². The quantitative estimate of drug-likeness (QED) is 0.583. The summed E-state index contributed by atoms with van der Waals surface area (Å²) in [6.45, 7) is 2.89. The SMILES string of the molecule is COc1ccc(-c2nnc([C@H](C)NC(=O)c3nccc(OC)c3OC(C)=O)o2)cc1. The number of esters is 1. The van der Waals surface area contributed by atoms with Crippen LogP contribution in [0.3, 0.4) is 0 Å². The highest BCUT2D eigenvalue weighted by atomic mass is 16.6. The molecule has 1 aromatic carbocycles. The molecule has 1 amide bonds. The molecule has 10 heteroatoms. The van der Waals surface area contributed by atoms with Crippen molar-refractivity contribution in [2.45, 2.75) is 19.9 Å². The number of ether oxygens (including phenoxy) is 3. The Kier molecular flexibility index (Phi) is 6.26. The van der Waals surface area contributed by atoms with Crippen molar-refractivity contribution in [3.8, 4) is 28.7 Å². The molecule has 0 spiro atoms. The highest BCUT2D eigenvalue weighted by molar-refractivity contribution is 5.96. The Labute approximate surface area is 172 Å². The number of carbonyl (C=O) groups excluding carboxylic acids is 2. The van der Waals surface area contributed by atoms with Gasteiger partial charge >= 0.3 is 5.97 Å². The summed E-state index contributed by atoms with van der Waals surface area (Å²) in [5, 5.41) is 10.7. The lowest BCUT2D eigenvalue weighted by molar-refractivity contribution is -0.132. The van der Waals surface area contributed by atoms with Crippen LogP contribution in [0.4, 0.5) is 0 Å². The molecule has 0 radical (unpaired) electrons. The first kappa shape index (κ1) is 20.8. The lowest BCUT2D eigenvalue weighted by Gasteiger charge is -2.14. The molecule has 0 aliphatic carbocycles. The van der Waals surface area contributed by atoms with Crippen molar-refractivity contribution in [2.24, 2.45) is 0 Å². The molecule has 2 heterocycles. The highest BCUT2D eigenvalue weighted by Gasteiger charge is 2.24. The summed E-state index contributed by atoms with van der Waals surface area (Å²) in [4.78, 5) is 28.1. The first-order valence-corrected chi connectivity index (χ1v) is 8.93. The van der Waals surface area contributed by atoms with E-state index in [4.69, 9.17) is 18.6 Å². The Morgan fingerprint density at radius 3 is 2.43 bits per heavy atom. The number of carbonyl (C=O) groups is 2. The maximum Gasteiger partial charge on any atom is 0.308 e. The second kappa shape index (κ2) is 9.03. The van der Waals surface area contributed by atoms with Crippen LogP contribution in [0.15, 0.2) is 40.9 Å². The Morgan fingerprint density at radius 1 is 1.07 bits per heavy atom. The van der Waals surface area contributed by atoms with Gasteiger partial charge in [-0.15, -0.1) is 10.2 Å². The second-order valence-electron chi connectivity index (χ2n) is 6.15. The molecule has 3 aromatic rings. The van der Waals surface area contributed by atoms with Crippen LogP contribution in [0.2, 0.25) is 0 Å². The Morgan fingerprint density at radius 2 is 1.80 bits per heavy atom. The van der Waals surface area contributed by atoms with Gasteiger partial charge in [-0.1, -0.05) is 0 Å². The molecule has 0 aliphatic rings. The summed E-state index contributed by atoms with van der Waals surface area (Å²) in [6, 6.07) is 7.97. The van der Waals surface area contributed by atoms with Crippen LogP contribution >= 0.6 is 0 Å². The Bertz CT molecular complexity index is 1050. The maximum atomic E-state index is 12.7. The molecule has 0 unspecified atom stereocenters. The average molecular weight is 412 g/mol. The zero-order valence-electron chi connectivity index (χ0n) is 16.8. The fourth-order valence-corrected chi connectivity index (χ4v) is 2.58. The van der Waals surface area contributed by atoms with Crippen LogP contribution in [0, 0.1) is 0 Å². The molecule has 156 valence electrons. The van der Waals surface area contributed by atoms with Gasteiger partial charge in [-0.3, -0.25) is 9.59 Å². The molecule has 0 fully saturated rings. The first-order valence-electron chi connectivity index (χ1n) is 8.93. The number of methoxy groups -OCH3 is 2. The lowest BCUT2D eigenvalue weighted by Crippen LogP contribution is -2.28. The van der Waals surface area contributed by atoms with E-state index in [0.717, 1.165) is 0 Å². The number of pyridine rings is 1. The van der Waals surface area contributed by atoms with Gasteiger partial charge in [-0.05, 0) is 31.2 Å². The van der Waals surface area contributed by atoms with Gasteiger partial charge in [0.1, 0.15) is 11.8 Å². The van der Waals surface area contributed by atoms with Crippen LogP contribution in [-0.4, -0.2) is 41.3 Å². The molecule has 2 aromatic heterocycles. The van der Waals surface area contributed by atoms with Crippen molar-refractivity contribution in [3.05, 3.63) is 48.1 Å². The maximum absolute atomic E-state index is 12.7. The molecule has 0 saturated heterocycles. The van der Waals surface area contributed by atoms with Crippen molar-refractivity contribution < 1.29 is 28.2 Å². The summed E-state index contributed by atoms with van der Waals surface area (Å²) >= 11 is 0. The van der Waals surface area contributed by atoms with E-state index in [9.17, 15) is 9.59 Å². The van der Waals surface area contributed by atoms with E-state index in [1.54, 1.807) is 38.3 Å². The number of hydrogen-bond donors (Lipinski definition) is 1. The number of aromatic nitrogens is 3. The van der Waals surface area contributed by atoms with Gasteiger partial charge in [0.2, 0.25) is 17.5 Å². The molecular weight excluding hydrogens is 392 g/mol. The number of amides is 1. The zero-order valence-corrected chi connectivity index (χ0v) is 16.8. The number of rotatable bonds is 7. The van der Waals surface area contributed by atoms with Crippen molar-refractivity contribution in [2.75, 3.05) is 14.2 Å². The minimum Gasteiger partial charge on any atom is -0.497 e. The van der Waals surface area contributed by atoms with E-state index in [2.05, 4.69) is 20.5 Å². The van der Waals surface area contributed by atoms with Crippen LogP contribution in [0.1, 0.15) is 36.3 Å². The molecular formula is C20H20N4O6. The van der Waals surface area contributed by atoms with Crippen LogP contribution in [0.5, 0.6) is 17.2 Å². The molecule has 1 atom stereocenters. The summed E-state index contributed by atoms with van der Waals surface area (Å²) in [6.07, 6.45) is 1.37. The van der Waals surface area contributed by atoms with Gasteiger partial charge in [0.25, 0.3) is 5.91 Å². The fraction of sp³-hybridized carbons (Fsp3) is 0.250. The zero-order chi connectivity index (χ0) is 21.7. The molecule has 3 rings (SSSR count). The molecule has 1 N–H and O–H groups in total.